The van der Waals surface area contributed by atoms with E-state index in [1.165, 1.54) is 24.1 Å². The van der Waals surface area contributed by atoms with Crippen LogP contribution in [0.2, 0.25) is 0 Å². The number of hydrogen-bond donors (Lipinski definition) is 1. The first-order valence-corrected chi connectivity index (χ1v) is 7.70. The molecule has 0 fully saturated rings. The predicted octanol–water partition coefficient (Wildman–Crippen LogP) is 4.37. The summed E-state index contributed by atoms with van der Waals surface area (Å²) in [5.41, 5.74) is 2.80. The summed E-state index contributed by atoms with van der Waals surface area (Å²) in [4.78, 5) is 2.51. The van der Waals surface area contributed by atoms with E-state index >= 15 is 0 Å². The van der Waals surface area contributed by atoms with Crippen molar-refractivity contribution in [3.63, 3.8) is 0 Å². The predicted molar refractivity (Wildman–Crippen MR) is 85.9 cm³/mol. The van der Waals surface area contributed by atoms with E-state index in [4.69, 9.17) is 0 Å². The van der Waals surface area contributed by atoms with Crippen LogP contribution < -0.4 is 10.2 Å². The third-order valence-corrected chi connectivity index (χ3v) is 3.50. The quantitative estimate of drug-likeness (QED) is 0.748. The van der Waals surface area contributed by atoms with Crippen molar-refractivity contribution in [2.24, 2.45) is 0 Å². The third-order valence-electron chi connectivity index (χ3n) is 3.50. The first-order chi connectivity index (χ1) is 9.11. The molecule has 0 saturated heterocycles. The lowest BCUT2D eigenvalue weighted by atomic mass is 10.0. The lowest BCUT2D eigenvalue weighted by molar-refractivity contribution is 0.565. The van der Waals surface area contributed by atoms with E-state index in [-0.39, 0.29) is 0 Å². The van der Waals surface area contributed by atoms with Crippen LogP contribution in [0.5, 0.6) is 0 Å². The van der Waals surface area contributed by atoms with Gasteiger partial charge in [0.1, 0.15) is 0 Å². The highest BCUT2D eigenvalue weighted by atomic mass is 15.2. The summed E-state index contributed by atoms with van der Waals surface area (Å²) in [6, 6.07) is 9.76. The summed E-state index contributed by atoms with van der Waals surface area (Å²) < 4.78 is 0. The summed E-state index contributed by atoms with van der Waals surface area (Å²) in [7, 11) is 0. The van der Waals surface area contributed by atoms with Gasteiger partial charge in [0.15, 0.2) is 0 Å². The van der Waals surface area contributed by atoms with Gasteiger partial charge < -0.3 is 10.2 Å². The number of para-hydroxylation sites is 1. The van der Waals surface area contributed by atoms with E-state index in [2.05, 4.69) is 69.1 Å². The largest absolute Gasteiger partial charge is 0.369 e. The van der Waals surface area contributed by atoms with Crippen molar-refractivity contribution < 1.29 is 0 Å². The van der Waals surface area contributed by atoms with Crippen molar-refractivity contribution in [3.05, 3.63) is 29.8 Å². The molecule has 0 aromatic heterocycles. The Balaban J connectivity index is 2.98. The lowest BCUT2D eigenvalue weighted by Gasteiger charge is -2.32. The average molecular weight is 262 g/mol. The van der Waals surface area contributed by atoms with Crippen molar-refractivity contribution in [2.75, 3.05) is 18.0 Å². The number of anilines is 1. The number of nitrogens with zero attached hydrogens (tertiary/aromatic N) is 1. The Bertz CT molecular complexity index is 360. The van der Waals surface area contributed by atoms with Gasteiger partial charge in [-0.3, -0.25) is 0 Å². The summed E-state index contributed by atoms with van der Waals surface area (Å²) in [6.07, 6.45) is 2.36. The molecule has 1 N–H and O–H groups in total. The van der Waals surface area contributed by atoms with Crippen LogP contribution in [0.3, 0.4) is 0 Å². The molecule has 0 radical (unpaired) electrons. The SMILES string of the molecule is CCCNC(C)c1ccccc1N(CCC)C(C)C. The molecule has 0 saturated carbocycles. The molecule has 0 bridgehead atoms. The third kappa shape index (κ3) is 4.54. The molecule has 1 unspecified atom stereocenters. The minimum absolute atomic E-state index is 0.411. The number of hydrogen-bond acceptors (Lipinski definition) is 2. The maximum atomic E-state index is 3.60. The lowest BCUT2D eigenvalue weighted by Crippen LogP contribution is -2.33. The molecule has 0 aliphatic rings. The van der Waals surface area contributed by atoms with Crippen LogP contribution in [0.1, 0.15) is 59.1 Å². The maximum absolute atomic E-state index is 3.60. The Morgan fingerprint density at radius 1 is 1.05 bits per heavy atom. The molecule has 1 aromatic rings. The molecule has 0 aliphatic carbocycles. The van der Waals surface area contributed by atoms with Crippen LogP contribution in [-0.2, 0) is 0 Å². The van der Waals surface area contributed by atoms with Gasteiger partial charge in [-0.1, -0.05) is 32.0 Å². The Kier molecular flexibility index (Phi) is 6.93. The standard InChI is InChI=1S/C17H30N2/c1-6-12-18-15(5)16-10-8-9-11-17(16)19(13-7-2)14(3)4/h8-11,14-15,18H,6-7,12-13H2,1-5H3. The molecule has 2 heteroatoms. The van der Waals surface area contributed by atoms with Gasteiger partial charge in [-0.15, -0.1) is 0 Å². The van der Waals surface area contributed by atoms with E-state index in [9.17, 15) is 0 Å². The Morgan fingerprint density at radius 3 is 2.32 bits per heavy atom. The fourth-order valence-corrected chi connectivity index (χ4v) is 2.48. The molecular weight excluding hydrogens is 232 g/mol. The van der Waals surface area contributed by atoms with Crippen molar-refractivity contribution in [1.29, 1.82) is 0 Å². The van der Waals surface area contributed by atoms with Crippen molar-refractivity contribution >= 4 is 5.69 Å². The normalized spacial score (nSPS) is 12.7. The molecule has 0 spiro atoms. The fourth-order valence-electron chi connectivity index (χ4n) is 2.48. The molecular formula is C17H30N2. The van der Waals surface area contributed by atoms with Gasteiger partial charge in [0, 0.05) is 24.3 Å². The van der Waals surface area contributed by atoms with E-state index in [1.807, 2.05) is 0 Å². The Labute approximate surface area is 119 Å². The zero-order valence-electron chi connectivity index (χ0n) is 13.2. The number of benzene rings is 1. The first kappa shape index (κ1) is 16.0. The van der Waals surface area contributed by atoms with Gasteiger partial charge in [0.2, 0.25) is 0 Å². The van der Waals surface area contributed by atoms with Crippen molar-refractivity contribution in [3.8, 4) is 0 Å². The smallest absolute Gasteiger partial charge is 0.0416 e. The van der Waals surface area contributed by atoms with Crippen LogP contribution in [-0.4, -0.2) is 19.1 Å². The summed E-state index contributed by atoms with van der Waals surface area (Å²) >= 11 is 0. The van der Waals surface area contributed by atoms with E-state index in [1.54, 1.807) is 0 Å². The van der Waals surface area contributed by atoms with E-state index in [0.29, 0.717) is 12.1 Å². The maximum Gasteiger partial charge on any atom is 0.0416 e. The molecule has 19 heavy (non-hydrogen) atoms. The van der Waals surface area contributed by atoms with Crippen LogP contribution >= 0.6 is 0 Å². The van der Waals surface area contributed by atoms with Crippen LogP contribution in [0.25, 0.3) is 0 Å². The molecule has 108 valence electrons. The zero-order valence-corrected chi connectivity index (χ0v) is 13.2. The number of nitrogens with one attached hydrogen (secondary N) is 1. The zero-order chi connectivity index (χ0) is 14.3. The second-order valence-corrected chi connectivity index (χ2v) is 5.52. The second kappa shape index (κ2) is 8.21. The summed E-state index contributed by atoms with van der Waals surface area (Å²) in [5.74, 6) is 0. The average Bonchev–Trinajstić information content (AvgIpc) is 2.42. The van der Waals surface area contributed by atoms with Gasteiger partial charge in [-0.2, -0.15) is 0 Å². The monoisotopic (exact) mass is 262 g/mol. The molecule has 2 nitrogen and oxygen atoms in total. The highest BCUT2D eigenvalue weighted by Crippen LogP contribution is 2.27. The van der Waals surface area contributed by atoms with E-state index in [0.717, 1.165) is 13.1 Å². The Hall–Kier alpha value is -1.02. The second-order valence-electron chi connectivity index (χ2n) is 5.52. The molecule has 0 amide bonds. The molecule has 1 rings (SSSR count). The van der Waals surface area contributed by atoms with Crippen LogP contribution in [0, 0.1) is 0 Å². The first-order valence-electron chi connectivity index (χ1n) is 7.70. The summed E-state index contributed by atoms with van der Waals surface area (Å²) in [6.45, 7) is 13.5. The molecule has 1 atom stereocenters. The van der Waals surface area contributed by atoms with Crippen LogP contribution in [0.15, 0.2) is 24.3 Å². The van der Waals surface area contributed by atoms with E-state index < -0.39 is 0 Å². The van der Waals surface area contributed by atoms with Crippen molar-refractivity contribution in [1.82, 2.24) is 5.32 Å². The minimum Gasteiger partial charge on any atom is -0.369 e. The summed E-state index contributed by atoms with van der Waals surface area (Å²) in [5, 5.41) is 3.60. The fraction of sp³-hybridized carbons (Fsp3) is 0.647. The van der Waals surface area contributed by atoms with Gasteiger partial charge >= 0.3 is 0 Å². The van der Waals surface area contributed by atoms with Gasteiger partial charge in [0.25, 0.3) is 0 Å². The molecule has 0 aliphatic heterocycles. The highest BCUT2D eigenvalue weighted by molar-refractivity contribution is 5.55. The van der Waals surface area contributed by atoms with Gasteiger partial charge in [-0.25, -0.2) is 0 Å². The van der Waals surface area contributed by atoms with Crippen LogP contribution in [0.4, 0.5) is 5.69 Å². The van der Waals surface area contributed by atoms with Gasteiger partial charge in [0.05, 0.1) is 0 Å². The number of rotatable bonds is 8. The van der Waals surface area contributed by atoms with Crippen molar-refractivity contribution in [2.45, 2.75) is 59.5 Å². The Morgan fingerprint density at radius 2 is 1.74 bits per heavy atom. The topological polar surface area (TPSA) is 15.3 Å². The molecule has 1 aromatic carbocycles. The van der Waals surface area contributed by atoms with Gasteiger partial charge in [-0.05, 0) is 51.8 Å². The highest BCUT2D eigenvalue weighted by Gasteiger charge is 2.16. The minimum atomic E-state index is 0.411. The molecule has 0 heterocycles.